The van der Waals surface area contributed by atoms with Gasteiger partial charge in [0.25, 0.3) is 0 Å². The Morgan fingerprint density at radius 3 is 2.80 bits per heavy atom. The van der Waals surface area contributed by atoms with Crippen LogP contribution in [0.5, 0.6) is 0 Å². The van der Waals surface area contributed by atoms with Crippen molar-refractivity contribution in [3.63, 3.8) is 0 Å². The molecule has 0 radical (unpaired) electrons. The molecule has 0 amide bonds. The molecule has 78 valence electrons. The van der Waals surface area contributed by atoms with Crippen molar-refractivity contribution >= 4 is 11.5 Å². The first-order chi connectivity index (χ1) is 7.34. The number of hydrogen-bond acceptors (Lipinski definition) is 3. The third-order valence-electron chi connectivity index (χ3n) is 3.23. The quantitative estimate of drug-likeness (QED) is 0.694. The van der Waals surface area contributed by atoms with Crippen LogP contribution >= 0.6 is 0 Å². The average molecular weight is 201 g/mol. The lowest BCUT2D eigenvalue weighted by Gasteiger charge is -2.21. The van der Waals surface area contributed by atoms with Crippen LogP contribution in [-0.2, 0) is 0 Å². The molecule has 3 heteroatoms. The van der Waals surface area contributed by atoms with Gasteiger partial charge in [-0.25, -0.2) is 5.01 Å². The minimum Gasteiger partial charge on any atom is -0.336 e. The molecule has 1 saturated heterocycles. The summed E-state index contributed by atoms with van der Waals surface area (Å²) < 4.78 is 0. The van der Waals surface area contributed by atoms with E-state index in [1.807, 2.05) is 6.07 Å². The first-order valence-corrected chi connectivity index (χ1v) is 5.51. The lowest BCUT2D eigenvalue weighted by Crippen LogP contribution is -2.32. The molecule has 0 N–H and O–H groups in total. The summed E-state index contributed by atoms with van der Waals surface area (Å²) >= 11 is 0. The summed E-state index contributed by atoms with van der Waals surface area (Å²) in [6, 6.07) is 11.0. The summed E-state index contributed by atoms with van der Waals surface area (Å²) in [5.74, 6) is 1.26. The Labute approximate surface area is 90.0 Å². The number of hydrazone groups is 1. The van der Waals surface area contributed by atoms with Crippen LogP contribution in [-0.4, -0.2) is 23.4 Å². The van der Waals surface area contributed by atoms with Crippen LogP contribution in [0.15, 0.2) is 35.4 Å². The Kier molecular flexibility index (Phi) is 1.91. The summed E-state index contributed by atoms with van der Waals surface area (Å²) in [5.41, 5.74) is 1.19. The van der Waals surface area contributed by atoms with Crippen molar-refractivity contribution in [1.82, 2.24) is 4.90 Å². The lowest BCUT2D eigenvalue weighted by atomic mass is 10.2. The van der Waals surface area contributed by atoms with Crippen LogP contribution in [0.4, 0.5) is 5.69 Å². The summed E-state index contributed by atoms with van der Waals surface area (Å²) in [6.07, 6.45) is 2.38. The molecule has 2 heterocycles. The molecule has 0 aliphatic carbocycles. The maximum atomic E-state index is 4.65. The van der Waals surface area contributed by atoms with E-state index >= 15 is 0 Å². The maximum absolute atomic E-state index is 4.65. The van der Waals surface area contributed by atoms with Crippen molar-refractivity contribution in [2.75, 3.05) is 11.7 Å². The number of para-hydroxylation sites is 1. The van der Waals surface area contributed by atoms with Gasteiger partial charge in [-0.1, -0.05) is 18.2 Å². The molecule has 0 aromatic heterocycles. The Hall–Kier alpha value is -1.51. The van der Waals surface area contributed by atoms with Crippen molar-refractivity contribution in [1.29, 1.82) is 0 Å². The van der Waals surface area contributed by atoms with E-state index in [4.69, 9.17) is 0 Å². The minimum atomic E-state index is 0.650. The van der Waals surface area contributed by atoms with Crippen molar-refractivity contribution in [3.8, 4) is 0 Å². The number of hydrogen-bond donors (Lipinski definition) is 0. The molecule has 0 spiro atoms. The van der Waals surface area contributed by atoms with E-state index in [0.717, 1.165) is 13.1 Å². The van der Waals surface area contributed by atoms with Gasteiger partial charge in [-0.05, 0) is 25.5 Å². The second-order valence-corrected chi connectivity index (χ2v) is 4.25. The fraction of sp³-hybridized carbons (Fsp3) is 0.417. The highest BCUT2D eigenvalue weighted by Crippen LogP contribution is 2.27. The monoisotopic (exact) mass is 201 g/mol. The molecular formula is C12H15N3. The average Bonchev–Trinajstić information content (AvgIpc) is 2.83. The smallest absolute Gasteiger partial charge is 0.127 e. The molecule has 1 aromatic carbocycles. The van der Waals surface area contributed by atoms with E-state index in [2.05, 4.69) is 46.2 Å². The molecule has 0 saturated carbocycles. The lowest BCUT2D eigenvalue weighted by molar-refractivity contribution is 0.376. The first kappa shape index (κ1) is 8.77. The Morgan fingerprint density at radius 1 is 1.27 bits per heavy atom. The van der Waals surface area contributed by atoms with Gasteiger partial charge in [-0.15, -0.1) is 0 Å². The molecule has 0 unspecified atom stereocenters. The van der Waals surface area contributed by atoms with Crippen LogP contribution in [0, 0.1) is 0 Å². The van der Waals surface area contributed by atoms with Gasteiger partial charge in [-0.3, -0.25) is 0 Å². The van der Waals surface area contributed by atoms with Crippen LogP contribution < -0.4 is 5.01 Å². The second-order valence-electron chi connectivity index (χ2n) is 4.25. The fourth-order valence-corrected chi connectivity index (χ4v) is 2.28. The van der Waals surface area contributed by atoms with Gasteiger partial charge in [0.05, 0.1) is 5.69 Å². The molecular weight excluding hydrogens is 186 g/mol. The summed E-state index contributed by atoms with van der Waals surface area (Å²) in [4.78, 5) is 2.40. The number of amidine groups is 1. The van der Waals surface area contributed by atoms with Gasteiger partial charge in [0, 0.05) is 12.5 Å². The molecule has 2 aliphatic heterocycles. The highest BCUT2D eigenvalue weighted by molar-refractivity contribution is 5.87. The zero-order chi connectivity index (χ0) is 10.3. The van der Waals surface area contributed by atoms with E-state index in [1.165, 1.54) is 17.9 Å². The molecule has 3 nitrogen and oxygen atoms in total. The predicted octanol–water partition coefficient (Wildman–Crippen LogP) is 2.26. The van der Waals surface area contributed by atoms with Gasteiger partial charge in [0.2, 0.25) is 0 Å². The van der Waals surface area contributed by atoms with E-state index in [1.54, 1.807) is 0 Å². The second kappa shape index (κ2) is 3.26. The third-order valence-corrected chi connectivity index (χ3v) is 3.23. The zero-order valence-electron chi connectivity index (χ0n) is 8.93. The van der Waals surface area contributed by atoms with E-state index in [0.29, 0.717) is 6.04 Å². The van der Waals surface area contributed by atoms with Crippen molar-refractivity contribution in [2.24, 2.45) is 5.10 Å². The number of benzene rings is 1. The van der Waals surface area contributed by atoms with Crippen molar-refractivity contribution < 1.29 is 0 Å². The van der Waals surface area contributed by atoms with E-state index in [9.17, 15) is 0 Å². The highest BCUT2D eigenvalue weighted by Gasteiger charge is 2.32. The largest absolute Gasteiger partial charge is 0.336 e. The molecule has 1 aromatic rings. The first-order valence-electron chi connectivity index (χ1n) is 5.51. The number of rotatable bonds is 1. The number of nitrogens with zero attached hydrogens (tertiary/aromatic N) is 3. The van der Waals surface area contributed by atoms with Gasteiger partial charge in [0.15, 0.2) is 0 Å². The minimum absolute atomic E-state index is 0.650. The standard InChI is InChI=1S/C12H15N3/c1-10-7-8-12-13-15(9-14(10)12)11-5-3-2-4-6-11/h2-6,10H,7-9H2,1H3/t10-/m0/s1. The molecule has 1 atom stereocenters. The molecule has 15 heavy (non-hydrogen) atoms. The Balaban J connectivity index is 1.86. The molecule has 2 aliphatic rings. The van der Waals surface area contributed by atoms with Crippen LogP contribution in [0.25, 0.3) is 0 Å². The molecule has 0 bridgehead atoms. The van der Waals surface area contributed by atoms with Gasteiger partial charge >= 0.3 is 0 Å². The van der Waals surface area contributed by atoms with Gasteiger partial charge in [0.1, 0.15) is 12.5 Å². The number of anilines is 1. The van der Waals surface area contributed by atoms with Crippen molar-refractivity contribution in [3.05, 3.63) is 30.3 Å². The third kappa shape index (κ3) is 1.39. The van der Waals surface area contributed by atoms with Crippen LogP contribution in [0.3, 0.4) is 0 Å². The molecule has 1 fully saturated rings. The summed E-state index contributed by atoms with van der Waals surface area (Å²) in [6.45, 7) is 3.19. The summed E-state index contributed by atoms with van der Waals surface area (Å²) in [7, 11) is 0. The highest BCUT2D eigenvalue weighted by atomic mass is 15.6. The SMILES string of the molecule is C[C@H]1CCC2=NN(c3ccccc3)CN21. The Bertz CT molecular complexity index is 385. The van der Waals surface area contributed by atoms with Gasteiger partial charge < -0.3 is 4.90 Å². The van der Waals surface area contributed by atoms with E-state index in [-0.39, 0.29) is 0 Å². The summed E-state index contributed by atoms with van der Waals surface area (Å²) in [5, 5.41) is 6.73. The fourth-order valence-electron chi connectivity index (χ4n) is 2.28. The number of fused-ring (bicyclic) bond motifs is 1. The van der Waals surface area contributed by atoms with Crippen LogP contribution in [0.2, 0.25) is 0 Å². The normalized spacial score (nSPS) is 24.3. The van der Waals surface area contributed by atoms with E-state index < -0.39 is 0 Å². The van der Waals surface area contributed by atoms with Crippen LogP contribution in [0.1, 0.15) is 19.8 Å². The Morgan fingerprint density at radius 2 is 2.07 bits per heavy atom. The van der Waals surface area contributed by atoms with Gasteiger partial charge in [-0.2, -0.15) is 5.10 Å². The predicted molar refractivity (Wildman–Crippen MR) is 61.8 cm³/mol. The topological polar surface area (TPSA) is 18.8 Å². The zero-order valence-corrected chi connectivity index (χ0v) is 8.93. The van der Waals surface area contributed by atoms with Crippen molar-refractivity contribution in [2.45, 2.75) is 25.8 Å². The molecule has 3 rings (SSSR count). The maximum Gasteiger partial charge on any atom is 0.127 e.